The van der Waals surface area contributed by atoms with E-state index in [9.17, 15) is 14.4 Å². The molecular formula is C60H116O6. The van der Waals surface area contributed by atoms with Crippen molar-refractivity contribution in [3.8, 4) is 0 Å². The molecule has 0 aliphatic heterocycles. The summed E-state index contributed by atoms with van der Waals surface area (Å²) in [5.74, 6) is 0.829. The molecule has 0 bridgehead atoms. The molecule has 0 aliphatic carbocycles. The molecule has 2 atom stereocenters. The average molecular weight is 934 g/mol. The van der Waals surface area contributed by atoms with E-state index in [1.807, 2.05) is 0 Å². The van der Waals surface area contributed by atoms with E-state index in [1.165, 1.54) is 225 Å². The molecule has 0 aromatic carbocycles. The van der Waals surface area contributed by atoms with E-state index in [-0.39, 0.29) is 31.1 Å². The highest BCUT2D eigenvalue weighted by Crippen LogP contribution is 2.19. The van der Waals surface area contributed by atoms with E-state index < -0.39 is 6.10 Å². The third-order valence-corrected chi connectivity index (χ3v) is 14.1. The third kappa shape index (κ3) is 51.8. The number of hydrogen-bond donors (Lipinski definition) is 0. The van der Waals surface area contributed by atoms with Gasteiger partial charge in [-0.1, -0.05) is 298 Å². The van der Waals surface area contributed by atoms with Crippen LogP contribution in [0, 0.1) is 11.8 Å². The Morgan fingerprint density at radius 1 is 0.318 bits per heavy atom. The maximum atomic E-state index is 12.8. The van der Waals surface area contributed by atoms with Gasteiger partial charge in [0.2, 0.25) is 0 Å². The lowest BCUT2D eigenvalue weighted by atomic mass is 9.99. The fourth-order valence-electron chi connectivity index (χ4n) is 9.20. The van der Waals surface area contributed by atoms with Crippen LogP contribution in [0.5, 0.6) is 0 Å². The molecule has 0 radical (unpaired) electrons. The lowest BCUT2D eigenvalue weighted by Gasteiger charge is -2.18. The van der Waals surface area contributed by atoms with E-state index in [4.69, 9.17) is 14.2 Å². The minimum absolute atomic E-state index is 0.0635. The number of carbonyl (C=O) groups is 3. The van der Waals surface area contributed by atoms with Gasteiger partial charge in [0.05, 0.1) is 0 Å². The molecule has 0 aromatic rings. The molecule has 6 heteroatoms. The molecule has 0 N–H and O–H groups in total. The van der Waals surface area contributed by atoms with Gasteiger partial charge in [0.15, 0.2) is 6.10 Å². The monoisotopic (exact) mass is 933 g/mol. The maximum absolute atomic E-state index is 12.8. The number of rotatable bonds is 54. The molecule has 0 rings (SSSR count). The summed E-state index contributed by atoms with van der Waals surface area (Å²) in [6.45, 7) is 11.4. The van der Waals surface area contributed by atoms with Gasteiger partial charge >= 0.3 is 17.9 Å². The second kappa shape index (κ2) is 52.8. The number of ether oxygens (including phenoxy) is 3. The van der Waals surface area contributed by atoms with Crippen molar-refractivity contribution in [2.45, 2.75) is 343 Å². The van der Waals surface area contributed by atoms with Gasteiger partial charge in [-0.05, 0) is 31.1 Å². The van der Waals surface area contributed by atoms with Gasteiger partial charge in [-0.3, -0.25) is 14.4 Å². The lowest BCUT2D eigenvalue weighted by molar-refractivity contribution is -0.167. The standard InChI is InChI=1S/C60H116O6/c1-6-8-9-10-11-12-13-14-15-18-23-26-29-32-35-42-47-52-60(63)66-57(54-65-59(62)51-46-41-37-36-38-43-48-55(3)4)53-64-58(61)50-45-40-34-31-28-25-22-20-17-16-19-21-24-27-30-33-39-44-49-56(5)7-2/h55-57H,6-54H2,1-5H3/t56?,57-/m1/s1. The quantitative estimate of drug-likeness (QED) is 0.0343. The van der Waals surface area contributed by atoms with Crippen molar-refractivity contribution in [3.05, 3.63) is 0 Å². The minimum Gasteiger partial charge on any atom is -0.462 e. The minimum atomic E-state index is -0.763. The first kappa shape index (κ1) is 64.4. The van der Waals surface area contributed by atoms with Crippen LogP contribution in [-0.4, -0.2) is 37.2 Å². The van der Waals surface area contributed by atoms with Gasteiger partial charge < -0.3 is 14.2 Å². The molecule has 392 valence electrons. The van der Waals surface area contributed by atoms with Crippen molar-refractivity contribution in [3.63, 3.8) is 0 Å². The number of unbranched alkanes of at least 4 members (excludes halogenated alkanes) is 38. The summed E-state index contributed by atoms with van der Waals surface area (Å²) in [7, 11) is 0. The summed E-state index contributed by atoms with van der Waals surface area (Å²) in [6.07, 6.45) is 56.9. The summed E-state index contributed by atoms with van der Waals surface area (Å²) < 4.78 is 16.9. The number of esters is 3. The summed E-state index contributed by atoms with van der Waals surface area (Å²) in [4.78, 5) is 38.1. The van der Waals surface area contributed by atoms with Gasteiger partial charge in [-0.15, -0.1) is 0 Å². The van der Waals surface area contributed by atoms with Crippen LogP contribution in [0.15, 0.2) is 0 Å². The second-order valence-corrected chi connectivity index (χ2v) is 21.4. The Morgan fingerprint density at radius 2 is 0.576 bits per heavy atom. The van der Waals surface area contributed by atoms with Gasteiger partial charge in [-0.25, -0.2) is 0 Å². The van der Waals surface area contributed by atoms with Gasteiger partial charge in [-0.2, -0.15) is 0 Å². The predicted molar refractivity (Wildman–Crippen MR) is 284 cm³/mol. The van der Waals surface area contributed by atoms with Crippen molar-refractivity contribution < 1.29 is 28.6 Å². The fourth-order valence-corrected chi connectivity index (χ4v) is 9.20. The Morgan fingerprint density at radius 3 is 0.864 bits per heavy atom. The zero-order valence-electron chi connectivity index (χ0n) is 45.3. The normalized spacial score (nSPS) is 12.5. The van der Waals surface area contributed by atoms with Crippen LogP contribution >= 0.6 is 0 Å². The topological polar surface area (TPSA) is 78.9 Å². The van der Waals surface area contributed by atoms with Crippen LogP contribution in [-0.2, 0) is 28.6 Å². The predicted octanol–water partition coefficient (Wildman–Crippen LogP) is 19.7. The Bertz CT molecular complexity index is 1010. The molecule has 0 amide bonds. The molecule has 0 spiro atoms. The molecule has 0 fully saturated rings. The summed E-state index contributed by atoms with van der Waals surface area (Å²) in [5.41, 5.74) is 0. The van der Waals surface area contributed by atoms with Crippen molar-refractivity contribution in [1.82, 2.24) is 0 Å². The first-order valence-corrected chi connectivity index (χ1v) is 29.8. The molecule has 66 heavy (non-hydrogen) atoms. The Balaban J connectivity index is 4.17. The van der Waals surface area contributed by atoms with E-state index in [1.54, 1.807) is 0 Å². The van der Waals surface area contributed by atoms with E-state index in [2.05, 4.69) is 34.6 Å². The number of carbonyl (C=O) groups excluding carboxylic acids is 3. The van der Waals surface area contributed by atoms with Crippen molar-refractivity contribution >= 4 is 17.9 Å². The summed E-state index contributed by atoms with van der Waals surface area (Å²) >= 11 is 0. The summed E-state index contributed by atoms with van der Waals surface area (Å²) in [6, 6.07) is 0. The molecule has 6 nitrogen and oxygen atoms in total. The molecule has 0 heterocycles. The van der Waals surface area contributed by atoms with Crippen LogP contribution in [0.1, 0.15) is 336 Å². The molecule has 0 saturated carbocycles. The Kier molecular flexibility index (Phi) is 51.5. The molecule has 0 aliphatic rings. The third-order valence-electron chi connectivity index (χ3n) is 14.1. The zero-order valence-corrected chi connectivity index (χ0v) is 45.3. The van der Waals surface area contributed by atoms with Crippen LogP contribution in [0.3, 0.4) is 0 Å². The van der Waals surface area contributed by atoms with Crippen molar-refractivity contribution in [2.24, 2.45) is 11.8 Å². The van der Waals surface area contributed by atoms with E-state index in [0.717, 1.165) is 69.6 Å². The van der Waals surface area contributed by atoms with E-state index >= 15 is 0 Å². The molecule has 0 saturated heterocycles. The highest BCUT2D eigenvalue weighted by molar-refractivity contribution is 5.71. The van der Waals surface area contributed by atoms with Crippen molar-refractivity contribution in [1.29, 1.82) is 0 Å². The number of hydrogen-bond acceptors (Lipinski definition) is 6. The molecule has 0 aromatic heterocycles. The Labute approximate surface area is 412 Å². The fraction of sp³-hybridized carbons (Fsp3) is 0.950. The zero-order chi connectivity index (χ0) is 48.2. The highest BCUT2D eigenvalue weighted by atomic mass is 16.6. The first-order chi connectivity index (χ1) is 32.3. The average Bonchev–Trinajstić information content (AvgIpc) is 3.30. The van der Waals surface area contributed by atoms with Crippen LogP contribution < -0.4 is 0 Å². The van der Waals surface area contributed by atoms with E-state index in [0.29, 0.717) is 19.3 Å². The van der Waals surface area contributed by atoms with Gasteiger partial charge in [0.1, 0.15) is 13.2 Å². The second-order valence-electron chi connectivity index (χ2n) is 21.4. The SMILES string of the molecule is CCCCCCCCCCCCCCCCCCCC(=O)O[C@H](COC(=O)CCCCCCCCCCCCCCCCCCCCC(C)CC)COC(=O)CCCCCCCCC(C)C. The summed E-state index contributed by atoms with van der Waals surface area (Å²) in [5, 5.41) is 0. The smallest absolute Gasteiger partial charge is 0.306 e. The first-order valence-electron chi connectivity index (χ1n) is 29.8. The van der Waals surface area contributed by atoms with Crippen LogP contribution in [0.25, 0.3) is 0 Å². The largest absolute Gasteiger partial charge is 0.462 e. The van der Waals surface area contributed by atoms with Crippen molar-refractivity contribution in [2.75, 3.05) is 13.2 Å². The van der Waals surface area contributed by atoms with Crippen LogP contribution in [0.2, 0.25) is 0 Å². The molecular weight excluding hydrogens is 817 g/mol. The highest BCUT2D eigenvalue weighted by Gasteiger charge is 2.19. The Hall–Kier alpha value is -1.59. The van der Waals surface area contributed by atoms with Crippen LogP contribution in [0.4, 0.5) is 0 Å². The van der Waals surface area contributed by atoms with Gasteiger partial charge in [0.25, 0.3) is 0 Å². The molecule has 1 unspecified atom stereocenters. The maximum Gasteiger partial charge on any atom is 0.306 e. The van der Waals surface area contributed by atoms with Gasteiger partial charge in [0, 0.05) is 19.3 Å². The lowest BCUT2D eigenvalue weighted by Crippen LogP contribution is -2.30.